The van der Waals surface area contributed by atoms with Crippen molar-refractivity contribution in [3.63, 3.8) is 0 Å². The number of carbonyl (C=O) groups is 1. The normalized spacial score (nSPS) is 13.5. The van der Waals surface area contributed by atoms with Gasteiger partial charge in [-0.2, -0.15) is 9.97 Å². The Morgan fingerprint density at radius 3 is 2.66 bits per heavy atom. The number of nitrogens with zero attached hydrogens (tertiary/aromatic N) is 3. The van der Waals surface area contributed by atoms with Crippen molar-refractivity contribution < 1.29 is 13.9 Å². The number of aromatic nitrogens is 2. The fourth-order valence-electron chi connectivity index (χ4n) is 3.87. The summed E-state index contributed by atoms with van der Waals surface area (Å²) in [5.41, 5.74) is 3.02. The summed E-state index contributed by atoms with van der Waals surface area (Å²) in [6.45, 7) is 6.76. The van der Waals surface area contributed by atoms with Crippen molar-refractivity contribution in [3.8, 4) is 6.01 Å². The molecule has 2 aromatic carbocycles. The molecule has 35 heavy (non-hydrogen) atoms. The molecular formula is C26H29ClFN5O2. The third kappa shape index (κ3) is 6.07. The predicted octanol–water partition coefficient (Wildman–Crippen LogP) is 5.89. The van der Waals surface area contributed by atoms with Crippen LogP contribution in [0, 0.1) is 5.82 Å². The van der Waals surface area contributed by atoms with Crippen molar-refractivity contribution in [2.75, 3.05) is 37.4 Å². The van der Waals surface area contributed by atoms with Crippen molar-refractivity contribution in [3.05, 3.63) is 58.9 Å². The second-order valence-corrected chi connectivity index (χ2v) is 8.83. The van der Waals surface area contributed by atoms with E-state index in [0.717, 1.165) is 43.7 Å². The number of fused-ring (bicyclic) bond motifs is 1. The number of carbonyl (C=O) groups excluding carboxylic acids is 1. The topological polar surface area (TPSA) is 79.4 Å². The van der Waals surface area contributed by atoms with Gasteiger partial charge < -0.3 is 20.3 Å². The Morgan fingerprint density at radius 2 is 2.00 bits per heavy atom. The van der Waals surface area contributed by atoms with Crippen LogP contribution in [0.2, 0.25) is 5.02 Å². The lowest BCUT2D eigenvalue weighted by Crippen LogP contribution is -2.23. The molecule has 0 radical (unpaired) electrons. The van der Waals surface area contributed by atoms with E-state index < -0.39 is 5.82 Å². The maximum Gasteiger partial charge on any atom is 0.318 e. The van der Waals surface area contributed by atoms with E-state index in [0.29, 0.717) is 28.3 Å². The van der Waals surface area contributed by atoms with E-state index in [2.05, 4.69) is 39.3 Å². The quantitative estimate of drug-likeness (QED) is 0.340. The molecule has 184 valence electrons. The number of hydrogen-bond acceptors (Lipinski definition) is 6. The van der Waals surface area contributed by atoms with Crippen molar-refractivity contribution in [2.45, 2.75) is 32.6 Å². The van der Waals surface area contributed by atoms with Crippen LogP contribution in [0.5, 0.6) is 6.01 Å². The SMILES string of the molecule is CCN(CC)CC=CC(=O)Nc1cc2c(Nc3ccc(F)c(Cl)c3)nc(OC)nc2cc1C1CC1. The summed E-state index contributed by atoms with van der Waals surface area (Å²) < 4.78 is 18.9. The summed E-state index contributed by atoms with van der Waals surface area (Å²) in [7, 11) is 1.50. The third-order valence-corrected chi connectivity index (χ3v) is 6.30. The maximum absolute atomic E-state index is 13.6. The number of hydrogen-bond donors (Lipinski definition) is 2. The van der Waals surface area contributed by atoms with E-state index in [1.54, 1.807) is 12.1 Å². The summed E-state index contributed by atoms with van der Waals surface area (Å²) in [5.74, 6) is 0.148. The summed E-state index contributed by atoms with van der Waals surface area (Å²) in [6, 6.07) is 8.41. The zero-order chi connectivity index (χ0) is 24.9. The number of amides is 1. The molecule has 2 N–H and O–H groups in total. The maximum atomic E-state index is 13.6. The number of ether oxygens (including phenoxy) is 1. The Morgan fingerprint density at radius 1 is 1.23 bits per heavy atom. The Labute approximate surface area is 209 Å². The summed E-state index contributed by atoms with van der Waals surface area (Å²) in [6.07, 6.45) is 5.57. The monoisotopic (exact) mass is 497 g/mol. The zero-order valence-electron chi connectivity index (χ0n) is 20.1. The zero-order valence-corrected chi connectivity index (χ0v) is 20.8. The summed E-state index contributed by atoms with van der Waals surface area (Å²) >= 11 is 5.95. The van der Waals surface area contributed by atoms with Crippen LogP contribution in [0.4, 0.5) is 21.6 Å². The van der Waals surface area contributed by atoms with Gasteiger partial charge in [-0.3, -0.25) is 4.79 Å². The van der Waals surface area contributed by atoms with E-state index in [9.17, 15) is 9.18 Å². The van der Waals surface area contributed by atoms with Crippen molar-refractivity contribution >= 4 is 45.6 Å². The molecule has 0 aliphatic heterocycles. The first-order valence-electron chi connectivity index (χ1n) is 11.7. The van der Waals surface area contributed by atoms with E-state index in [-0.39, 0.29) is 16.9 Å². The van der Waals surface area contributed by atoms with Gasteiger partial charge in [-0.25, -0.2) is 4.39 Å². The first kappa shape index (κ1) is 24.9. The molecule has 9 heteroatoms. The Hall–Kier alpha value is -3.23. The van der Waals surface area contributed by atoms with Crippen LogP contribution in [-0.4, -0.2) is 47.5 Å². The minimum Gasteiger partial charge on any atom is -0.467 e. The summed E-state index contributed by atoms with van der Waals surface area (Å²) in [5, 5.41) is 6.91. The molecule has 1 saturated carbocycles. The van der Waals surface area contributed by atoms with Crippen molar-refractivity contribution in [1.29, 1.82) is 0 Å². The lowest BCUT2D eigenvalue weighted by Gasteiger charge is -2.16. The van der Waals surface area contributed by atoms with Crippen molar-refractivity contribution in [2.24, 2.45) is 0 Å². The fourth-order valence-corrected chi connectivity index (χ4v) is 4.05. The van der Waals surface area contributed by atoms with Gasteiger partial charge in [0.05, 0.1) is 17.6 Å². The van der Waals surface area contributed by atoms with Gasteiger partial charge in [0, 0.05) is 29.4 Å². The Balaban J connectivity index is 1.68. The molecule has 1 amide bonds. The van der Waals surface area contributed by atoms with Crippen LogP contribution in [-0.2, 0) is 4.79 Å². The Bertz CT molecular complexity index is 1260. The van der Waals surface area contributed by atoms with Crippen LogP contribution >= 0.6 is 11.6 Å². The highest BCUT2D eigenvalue weighted by Gasteiger charge is 2.28. The Kier molecular flexibility index (Phi) is 7.83. The third-order valence-electron chi connectivity index (χ3n) is 6.01. The van der Waals surface area contributed by atoms with Gasteiger partial charge in [-0.15, -0.1) is 0 Å². The molecule has 7 nitrogen and oxygen atoms in total. The second-order valence-electron chi connectivity index (χ2n) is 8.42. The number of likely N-dealkylation sites (N-methyl/N-ethyl adjacent to an activating group) is 1. The van der Waals surface area contributed by atoms with Crippen LogP contribution in [0.3, 0.4) is 0 Å². The van der Waals surface area contributed by atoms with E-state index in [1.807, 2.05) is 18.2 Å². The van der Waals surface area contributed by atoms with E-state index in [4.69, 9.17) is 16.3 Å². The largest absolute Gasteiger partial charge is 0.467 e. The molecule has 0 spiro atoms. The lowest BCUT2D eigenvalue weighted by molar-refractivity contribution is -0.111. The van der Waals surface area contributed by atoms with E-state index in [1.165, 1.54) is 19.2 Å². The second kappa shape index (κ2) is 11.0. The first-order valence-corrected chi connectivity index (χ1v) is 12.1. The van der Waals surface area contributed by atoms with Gasteiger partial charge >= 0.3 is 6.01 Å². The molecule has 1 heterocycles. The highest BCUT2D eigenvalue weighted by molar-refractivity contribution is 6.31. The number of nitrogens with one attached hydrogen (secondary N) is 2. The van der Waals surface area contributed by atoms with Gasteiger partial charge in [-0.05, 0) is 67.7 Å². The van der Waals surface area contributed by atoms with Gasteiger partial charge in [0.2, 0.25) is 5.91 Å². The van der Waals surface area contributed by atoms with Gasteiger partial charge in [0.15, 0.2) is 0 Å². The first-order chi connectivity index (χ1) is 16.9. The molecule has 1 fully saturated rings. The summed E-state index contributed by atoms with van der Waals surface area (Å²) in [4.78, 5) is 23.9. The average Bonchev–Trinajstić information content (AvgIpc) is 3.69. The molecule has 0 saturated heterocycles. The van der Waals surface area contributed by atoms with Crippen LogP contribution < -0.4 is 15.4 Å². The van der Waals surface area contributed by atoms with E-state index >= 15 is 0 Å². The van der Waals surface area contributed by atoms with Crippen LogP contribution in [0.1, 0.15) is 38.2 Å². The minimum atomic E-state index is -0.504. The molecule has 1 aliphatic carbocycles. The highest BCUT2D eigenvalue weighted by atomic mass is 35.5. The molecule has 4 rings (SSSR count). The smallest absolute Gasteiger partial charge is 0.318 e. The molecule has 1 aliphatic rings. The van der Waals surface area contributed by atoms with Crippen molar-refractivity contribution in [1.82, 2.24) is 14.9 Å². The number of methoxy groups -OCH3 is 1. The van der Waals surface area contributed by atoms with Crippen LogP contribution in [0.25, 0.3) is 10.9 Å². The average molecular weight is 498 g/mol. The predicted molar refractivity (Wildman–Crippen MR) is 138 cm³/mol. The van der Waals surface area contributed by atoms with Crippen LogP contribution in [0.15, 0.2) is 42.5 Å². The molecule has 1 aromatic heterocycles. The number of rotatable bonds is 10. The lowest BCUT2D eigenvalue weighted by atomic mass is 10.0. The highest BCUT2D eigenvalue weighted by Crippen LogP contribution is 2.45. The van der Waals surface area contributed by atoms with Gasteiger partial charge in [0.1, 0.15) is 11.6 Å². The van der Waals surface area contributed by atoms with Gasteiger partial charge in [-0.1, -0.05) is 31.5 Å². The van der Waals surface area contributed by atoms with Gasteiger partial charge in [0.25, 0.3) is 0 Å². The standard InChI is InChI=1S/C26H29ClFN5O2/c1-4-33(5-2)12-6-7-24(34)30-22-15-19-23(14-18(22)16-8-9-16)31-26(35-3)32-25(19)29-17-10-11-21(28)20(27)13-17/h6-7,10-11,13-16H,4-5,8-9,12H2,1-3H3,(H,30,34)(H,29,31,32). The molecule has 0 atom stereocenters. The number of halogens is 2. The molecular weight excluding hydrogens is 469 g/mol. The number of anilines is 3. The molecule has 3 aromatic rings. The minimum absolute atomic E-state index is 0.000738. The molecule has 0 bridgehead atoms. The number of benzene rings is 2. The fraction of sp³-hybridized carbons (Fsp3) is 0.346. The molecule has 0 unspecified atom stereocenters.